The van der Waals surface area contributed by atoms with E-state index in [0.29, 0.717) is 11.1 Å². The van der Waals surface area contributed by atoms with Crippen molar-refractivity contribution in [2.45, 2.75) is 17.2 Å². The lowest BCUT2D eigenvalue weighted by Gasteiger charge is -2.07. The summed E-state index contributed by atoms with van der Waals surface area (Å²) in [7, 11) is -3.59. The first-order valence-electron chi connectivity index (χ1n) is 8.11. The zero-order valence-electron chi connectivity index (χ0n) is 14.3. The number of rotatable bonds is 6. The Morgan fingerprint density at radius 3 is 2.59 bits per heavy atom. The topological polar surface area (TPSA) is 100 Å². The van der Waals surface area contributed by atoms with Gasteiger partial charge in [-0.1, -0.05) is 30.3 Å². The second-order valence-electron chi connectivity index (χ2n) is 5.84. The van der Waals surface area contributed by atoms with Crippen LogP contribution in [0.2, 0.25) is 0 Å². The first-order chi connectivity index (χ1) is 13.0. The van der Waals surface area contributed by atoms with Crippen molar-refractivity contribution in [3.05, 3.63) is 89.4 Å². The summed E-state index contributed by atoms with van der Waals surface area (Å²) in [5.41, 5.74) is 1.55. The van der Waals surface area contributed by atoms with Crippen LogP contribution in [-0.2, 0) is 22.1 Å². The molecule has 0 aliphatic heterocycles. The maximum Gasteiger partial charge on any atom is 0.287 e. The summed E-state index contributed by atoms with van der Waals surface area (Å²) >= 11 is 0. The van der Waals surface area contributed by atoms with E-state index >= 15 is 0 Å². The minimum atomic E-state index is -3.59. The number of nitrogens with zero attached hydrogens (tertiary/aromatic N) is 1. The molecule has 1 heterocycles. The van der Waals surface area contributed by atoms with E-state index in [0.717, 1.165) is 5.56 Å². The number of benzene rings is 2. The SMILES string of the molecule is N#Cc1cccc(CNC(=O)c2occc2CS(=O)(=O)c2ccccc2)c1. The van der Waals surface area contributed by atoms with E-state index in [2.05, 4.69) is 5.32 Å². The van der Waals surface area contributed by atoms with E-state index in [1.807, 2.05) is 6.07 Å². The van der Waals surface area contributed by atoms with Gasteiger partial charge in [-0.25, -0.2) is 8.42 Å². The van der Waals surface area contributed by atoms with E-state index in [4.69, 9.17) is 9.68 Å². The highest BCUT2D eigenvalue weighted by Crippen LogP contribution is 2.20. The summed E-state index contributed by atoms with van der Waals surface area (Å²) < 4.78 is 30.3. The summed E-state index contributed by atoms with van der Waals surface area (Å²) in [6.45, 7) is 0.194. The average Bonchev–Trinajstić information content (AvgIpc) is 3.14. The van der Waals surface area contributed by atoms with Crippen LogP contribution in [0.5, 0.6) is 0 Å². The van der Waals surface area contributed by atoms with Crippen molar-refractivity contribution in [1.82, 2.24) is 5.32 Å². The molecule has 0 unspecified atom stereocenters. The lowest BCUT2D eigenvalue weighted by atomic mass is 10.1. The summed E-state index contributed by atoms with van der Waals surface area (Å²) in [5.74, 6) is -0.883. The van der Waals surface area contributed by atoms with Crippen LogP contribution in [0.1, 0.15) is 27.2 Å². The molecule has 1 N–H and O–H groups in total. The second-order valence-corrected chi connectivity index (χ2v) is 7.83. The van der Waals surface area contributed by atoms with Gasteiger partial charge in [0.1, 0.15) is 0 Å². The third-order valence-electron chi connectivity index (χ3n) is 3.91. The molecule has 0 aliphatic carbocycles. The molecule has 0 spiro atoms. The molecular weight excluding hydrogens is 364 g/mol. The molecule has 136 valence electrons. The summed E-state index contributed by atoms with van der Waals surface area (Å²) in [5, 5.41) is 11.6. The fraction of sp³-hybridized carbons (Fsp3) is 0.100. The Balaban J connectivity index is 1.72. The summed E-state index contributed by atoms with van der Waals surface area (Å²) in [4.78, 5) is 12.6. The van der Waals surface area contributed by atoms with Gasteiger partial charge < -0.3 is 9.73 Å². The van der Waals surface area contributed by atoms with Gasteiger partial charge in [0.2, 0.25) is 0 Å². The van der Waals surface area contributed by atoms with Gasteiger partial charge in [0.25, 0.3) is 5.91 Å². The van der Waals surface area contributed by atoms with E-state index in [9.17, 15) is 13.2 Å². The monoisotopic (exact) mass is 380 g/mol. The Morgan fingerprint density at radius 2 is 1.85 bits per heavy atom. The Morgan fingerprint density at radius 1 is 1.07 bits per heavy atom. The fourth-order valence-corrected chi connectivity index (χ4v) is 3.95. The zero-order valence-corrected chi connectivity index (χ0v) is 15.1. The lowest BCUT2D eigenvalue weighted by Crippen LogP contribution is -2.23. The molecule has 0 fully saturated rings. The third-order valence-corrected chi connectivity index (χ3v) is 5.59. The van der Waals surface area contributed by atoms with Gasteiger partial charge in [0.15, 0.2) is 15.6 Å². The quantitative estimate of drug-likeness (QED) is 0.708. The number of furan rings is 1. The number of carbonyl (C=O) groups excluding carboxylic acids is 1. The molecule has 3 rings (SSSR count). The number of amides is 1. The first-order valence-corrected chi connectivity index (χ1v) is 9.76. The van der Waals surface area contributed by atoms with E-state index in [-0.39, 0.29) is 23.0 Å². The van der Waals surface area contributed by atoms with Crippen molar-refractivity contribution >= 4 is 15.7 Å². The summed E-state index contributed by atoms with van der Waals surface area (Å²) in [6, 6.07) is 18.4. The van der Waals surface area contributed by atoms with E-state index < -0.39 is 15.7 Å². The molecule has 6 nitrogen and oxygen atoms in total. The minimum absolute atomic E-state index is 0.0362. The van der Waals surface area contributed by atoms with Crippen molar-refractivity contribution in [3.63, 3.8) is 0 Å². The molecule has 1 aromatic heterocycles. The van der Waals surface area contributed by atoms with Crippen molar-refractivity contribution in [2.24, 2.45) is 0 Å². The maximum atomic E-state index is 12.5. The number of nitrogens with one attached hydrogen (secondary N) is 1. The number of hydrogen-bond donors (Lipinski definition) is 1. The molecule has 0 bridgehead atoms. The Kier molecular flexibility index (Phi) is 5.38. The van der Waals surface area contributed by atoms with Crippen LogP contribution >= 0.6 is 0 Å². The molecule has 2 aromatic carbocycles. The minimum Gasteiger partial charge on any atom is -0.459 e. The Hall–Kier alpha value is -3.37. The standard InChI is InChI=1S/C20H16N2O4S/c21-12-15-5-4-6-16(11-15)13-22-20(23)19-17(9-10-26-19)14-27(24,25)18-7-2-1-3-8-18/h1-11H,13-14H2,(H,22,23). The van der Waals surface area contributed by atoms with Crippen LogP contribution in [0.3, 0.4) is 0 Å². The van der Waals surface area contributed by atoms with E-state index in [1.165, 1.54) is 24.5 Å². The molecule has 1 amide bonds. The van der Waals surface area contributed by atoms with Crippen molar-refractivity contribution < 1.29 is 17.6 Å². The highest BCUT2D eigenvalue weighted by molar-refractivity contribution is 7.90. The van der Waals surface area contributed by atoms with Gasteiger partial charge in [0.05, 0.1) is 28.5 Å². The molecule has 27 heavy (non-hydrogen) atoms. The Labute approximate surface area is 157 Å². The smallest absolute Gasteiger partial charge is 0.287 e. The molecule has 0 saturated carbocycles. The third kappa shape index (κ3) is 4.43. The van der Waals surface area contributed by atoms with Gasteiger partial charge in [-0.3, -0.25) is 4.79 Å². The fourth-order valence-electron chi connectivity index (χ4n) is 2.58. The number of nitriles is 1. The highest BCUT2D eigenvalue weighted by atomic mass is 32.2. The first kappa shape index (κ1) is 18.4. The molecule has 0 atom stereocenters. The van der Waals surface area contributed by atoms with Crippen LogP contribution in [0.15, 0.2) is 76.2 Å². The summed E-state index contributed by atoms with van der Waals surface area (Å²) in [6.07, 6.45) is 1.29. The van der Waals surface area contributed by atoms with Gasteiger partial charge >= 0.3 is 0 Å². The molecule has 3 aromatic rings. The molecule has 0 aliphatic rings. The van der Waals surface area contributed by atoms with Crippen LogP contribution in [-0.4, -0.2) is 14.3 Å². The number of sulfone groups is 1. The highest BCUT2D eigenvalue weighted by Gasteiger charge is 2.22. The van der Waals surface area contributed by atoms with Crippen molar-refractivity contribution in [3.8, 4) is 6.07 Å². The maximum absolute atomic E-state index is 12.5. The van der Waals surface area contributed by atoms with Crippen LogP contribution in [0.25, 0.3) is 0 Å². The van der Waals surface area contributed by atoms with Gasteiger partial charge in [0, 0.05) is 12.1 Å². The predicted octanol–water partition coefficient (Wildman–Crippen LogP) is 3.06. The van der Waals surface area contributed by atoms with Gasteiger partial charge in [-0.2, -0.15) is 5.26 Å². The van der Waals surface area contributed by atoms with E-state index in [1.54, 1.807) is 42.5 Å². The average molecular weight is 380 g/mol. The van der Waals surface area contributed by atoms with Crippen LogP contribution in [0.4, 0.5) is 0 Å². The second kappa shape index (κ2) is 7.89. The molecular formula is C20H16N2O4S. The van der Waals surface area contributed by atoms with Gasteiger partial charge in [-0.15, -0.1) is 0 Å². The largest absolute Gasteiger partial charge is 0.459 e. The van der Waals surface area contributed by atoms with Crippen molar-refractivity contribution in [1.29, 1.82) is 5.26 Å². The van der Waals surface area contributed by atoms with Crippen LogP contribution < -0.4 is 5.32 Å². The molecule has 7 heteroatoms. The Bertz CT molecular complexity index is 1100. The lowest BCUT2D eigenvalue weighted by molar-refractivity contribution is 0.0922. The normalized spacial score (nSPS) is 10.9. The van der Waals surface area contributed by atoms with Gasteiger partial charge in [-0.05, 0) is 35.9 Å². The zero-order chi connectivity index (χ0) is 19.3. The number of carbonyl (C=O) groups is 1. The van der Waals surface area contributed by atoms with Crippen LogP contribution in [0, 0.1) is 11.3 Å². The number of hydrogen-bond acceptors (Lipinski definition) is 5. The van der Waals surface area contributed by atoms with Crippen molar-refractivity contribution in [2.75, 3.05) is 0 Å². The predicted molar refractivity (Wildman–Crippen MR) is 98.4 cm³/mol. The molecule has 0 saturated heterocycles. The molecule has 0 radical (unpaired) electrons.